The van der Waals surface area contributed by atoms with Crippen LogP contribution < -0.4 is 5.32 Å². The first-order chi connectivity index (χ1) is 10.1. The number of aromatic nitrogens is 3. The van der Waals surface area contributed by atoms with Gasteiger partial charge < -0.3 is 5.32 Å². The van der Waals surface area contributed by atoms with Crippen molar-refractivity contribution in [3.05, 3.63) is 41.0 Å². The van der Waals surface area contributed by atoms with E-state index < -0.39 is 0 Å². The average Bonchev–Trinajstić information content (AvgIpc) is 2.88. The van der Waals surface area contributed by atoms with E-state index in [-0.39, 0.29) is 11.9 Å². The summed E-state index contributed by atoms with van der Waals surface area (Å²) in [6, 6.07) is 5.34. The summed E-state index contributed by atoms with van der Waals surface area (Å²) in [7, 11) is 0. The quantitative estimate of drug-likeness (QED) is 0.887. The maximum Gasteiger partial charge on any atom is 0.149 e. The third-order valence-corrected chi connectivity index (χ3v) is 3.65. The zero-order chi connectivity index (χ0) is 15.4. The molecule has 1 N–H and O–H groups in total. The average molecular weight is 290 g/mol. The number of hydrogen-bond donors (Lipinski definition) is 1. The van der Waals surface area contributed by atoms with Gasteiger partial charge in [-0.3, -0.25) is 0 Å². The van der Waals surface area contributed by atoms with Crippen LogP contribution in [0.5, 0.6) is 0 Å². The van der Waals surface area contributed by atoms with Crippen LogP contribution in [0.25, 0.3) is 5.69 Å². The number of rotatable bonds is 6. The molecule has 0 spiro atoms. The predicted octanol–water partition coefficient (Wildman–Crippen LogP) is 3.34. The van der Waals surface area contributed by atoms with Gasteiger partial charge in [-0.1, -0.05) is 32.1 Å². The Bertz CT molecular complexity index is 606. The second kappa shape index (κ2) is 6.80. The van der Waals surface area contributed by atoms with Gasteiger partial charge in [-0.05, 0) is 44.0 Å². The van der Waals surface area contributed by atoms with E-state index in [0.717, 1.165) is 36.3 Å². The van der Waals surface area contributed by atoms with Crippen molar-refractivity contribution in [2.75, 3.05) is 6.54 Å². The van der Waals surface area contributed by atoms with E-state index in [9.17, 15) is 4.39 Å². The SMILES string of the molecule is CCNC(CC)c1nnn(-c2ccc(C)cc2F)c1CC. The van der Waals surface area contributed by atoms with Crippen LogP contribution in [0.2, 0.25) is 0 Å². The number of benzene rings is 1. The third-order valence-electron chi connectivity index (χ3n) is 3.65. The lowest BCUT2D eigenvalue weighted by Gasteiger charge is -2.15. The fourth-order valence-electron chi connectivity index (χ4n) is 2.57. The molecule has 0 fully saturated rings. The highest BCUT2D eigenvalue weighted by Gasteiger charge is 2.20. The molecule has 0 saturated heterocycles. The second-order valence-corrected chi connectivity index (χ2v) is 5.16. The third kappa shape index (κ3) is 3.13. The number of halogens is 1. The predicted molar refractivity (Wildman–Crippen MR) is 82.1 cm³/mol. The van der Waals surface area contributed by atoms with Gasteiger partial charge in [0.15, 0.2) is 0 Å². The fraction of sp³-hybridized carbons (Fsp3) is 0.500. The van der Waals surface area contributed by atoms with Crippen molar-refractivity contribution in [1.82, 2.24) is 20.3 Å². The highest BCUT2D eigenvalue weighted by Crippen LogP contribution is 2.23. The molecule has 1 atom stereocenters. The zero-order valence-electron chi connectivity index (χ0n) is 13.2. The summed E-state index contributed by atoms with van der Waals surface area (Å²) in [6.45, 7) is 8.96. The molecule has 0 aliphatic heterocycles. The molecule has 0 saturated carbocycles. The summed E-state index contributed by atoms with van der Waals surface area (Å²) < 4.78 is 15.8. The minimum absolute atomic E-state index is 0.159. The van der Waals surface area contributed by atoms with E-state index in [2.05, 4.69) is 29.5 Å². The zero-order valence-corrected chi connectivity index (χ0v) is 13.2. The Labute approximate surface area is 125 Å². The van der Waals surface area contributed by atoms with E-state index in [1.165, 1.54) is 6.07 Å². The van der Waals surface area contributed by atoms with Crippen molar-refractivity contribution in [2.24, 2.45) is 0 Å². The van der Waals surface area contributed by atoms with Gasteiger partial charge in [0, 0.05) is 0 Å². The maximum atomic E-state index is 14.2. The molecule has 2 rings (SSSR count). The molecule has 1 unspecified atom stereocenters. The van der Waals surface area contributed by atoms with Crippen molar-refractivity contribution < 1.29 is 4.39 Å². The Kier molecular flexibility index (Phi) is 5.07. The molecule has 0 aliphatic rings. The molecule has 1 aromatic carbocycles. The van der Waals surface area contributed by atoms with Gasteiger partial charge in [-0.15, -0.1) is 5.10 Å². The molecular weight excluding hydrogens is 267 g/mol. The van der Waals surface area contributed by atoms with Gasteiger partial charge in [0.2, 0.25) is 0 Å². The topological polar surface area (TPSA) is 42.7 Å². The number of hydrogen-bond acceptors (Lipinski definition) is 3. The summed E-state index contributed by atoms with van der Waals surface area (Å²) in [4.78, 5) is 0. The lowest BCUT2D eigenvalue weighted by molar-refractivity contribution is 0.520. The first-order valence-electron chi connectivity index (χ1n) is 7.56. The van der Waals surface area contributed by atoms with E-state index in [0.29, 0.717) is 5.69 Å². The summed E-state index contributed by atoms with van der Waals surface area (Å²) in [5, 5.41) is 11.9. The lowest BCUT2D eigenvalue weighted by Crippen LogP contribution is -2.22. The Balaban J connectivity index is 2.48. The van der Waals surface area contributed by atoms with Crippen molar-refractivity contribution >= 4 is 0 Å². The van der Waals surface area contributed by atoms with Crippen LogP contribution in [-0.4, -0.2) is 21.5 Å². The largest absolute Gasteiger partial charge is 0.309 e. The summed E-state index contributed by atoms with van der Waals surface area (Å²) in [5.41, 5.74) is 3.24. The van der Waals surface area contributed by atoms with E-state index >= 15 is 0 Å². The fourth-order valence-corrected chi connectivity index (χ4v) is 2.57. The minimum atomic E-state index is -0.266. The summed E-state index contributed by atoms with van der Waals surface area (Å²) >= 11 is 0. The van der Waals surface area contributed by atoms with Gasteiger partial charge in [0.1, 0.15) is 17.2 Å². The first kappa shape index (κ1) is 15.6. The summed E-state index contributed by atoms with van der Waals surface area (Å²) in [5.74, 6) is -0.266. The normalized spacial score (nSPS) is 12.6. The standard InChI is InChI=1S/C16H23FN4/c1-5-13(18-7-3)16-14(6-2)21(20-19-16)15-9-8-11(4)10-12(15)17/h8-10,13,18H,5-7H2,1-4H3. The van der Waals surface area contributed by atoms with Gasteiger partial charge >= 0.3 is 0 Å². The smallest absolute Gasteiger partial charge is 0.149 e. The highest BCUT2D eigenvalue weighted by atomic mass is 19.1. The molecular formula is C16H23FN4. The van der Waals surface area contributed by atoms with E-state index in [1.54, 1.807) is 10.7 Å². The van der Waals surface area contributed by atoms with Crippen LogP contribution in [0.3, 0.4) is 0 Å². The van der Waals surface area contributed by atoms with Crippen molar-refractivity contribution in [3.63, 3.8) is 0 Å². The van der Waals surface area contributed by atoms with Crippen LogP contribution in [0.1, 0.15) is 50.2 Å². The molecule has 1 heterocycles. The number of nitrogens with zero attached hydrogens (tertiary/aromatic N) is 3. The molecule has 0 bridgehead atoms. The molecule has 21 heavy (non-hydrogen) atoms. The van der Waals surface area contributed by atoms with Crippen molar-refractivity contribution in [1.29, 1.82) is 0 Å². The van der Waals surface area contributed by atoms with E-state index in [4.69, 9.17) is 0 Å². The van der Waals surface area contributed by atoms with Gasteiger partial charge in [0.25, 0.3) is 0 Å². The highest BCUT2D eigenvalue weighted by molar-refractivity contribution is 5.37. The Morgan fingerprint density at radius 2 is 2.05 bits per heavy atom. The Hall–Kier alpha value is -1.75. The lowest BCUT2D eigenvalue weighted by atomic mass is 10.1. The molecule has 114 valence electrons. The van der Waals surface area contributed by atoms with Crippen LogP contribution in [0.4, 0.5) is 4.39 Å². The molecule has 5 heteroatoms. The van der Waals surface area contributed by atoms with Crippen LogP contribution in [0.15, 0.2) is 18.2 Å². The number of nitrogens with one attached hydrogen (secondary N) is 1. The van der Waals surface area contributed by atoms with Gasteiger partial charge in [-0.2, -0.15) is 0 Å². The van der Waals surface area contributed by atoms with Crippen LogP contribution in [-0.2, 0) is 6.42 Å². The van der Waals surface area contributed by atoms with Gasteiger partial charge in [0.05, 0.1) is 11.7 Å². The Morgan fingerprint density at radius 1 is 1.29 bits per heavy atom. The molecule has 2 aromatic rings. The first-order valence-corrected chi connectivity index (χ1v) is 7.56. The van der Waals surface area contributed by atoms with Gasteiger partial charge in [-0.25, -0.2) is 9.07 Å². The molecule has 0 aliphatic carbocycles. The van der Waals surface area contributed by atoms with Crippen molar-refractivity contribution in [2.45, 2.75) is 46.6 Å². The molecule has 0 radical (unpaired) electrons. The molecule has 4 nitrogen and oxygen atoms in total. The van der Waals surface area contributed by atoms with Crippen molar-refractivity contribution in [3.8, 4) is 5.69 Å². The molecule has 0 amide bonds. The maximum absolute atomic E-state index is 14.2. The monoisotopic (exact) mass is 290 g/mol. The molecule has 1 aromatic heterocycles. The number of aryl methyl sites for hydroxylation is 1. The Morgan fingerprint density at radius 3 is 2.62 bits per heavy atom. The second-order valence-electron chi connectivity index (χ2n) is 5.16. The van der Waals surface area contributed by atoms with Crippen LogP contribution in [0, 0.1) is 12.7 Å². The van der Waals surface area contributed by atoms with E-state index in [1.807, 2.05) is 19.9 Å². The summed E-state index contributed by atoms with van der Waals surface area (Å²) in [6.07, 6.45) is 1.69. The van der Waals surface area contributed by atoms with Crippen LogP contribution >= 0.6 is 0 Å². The minimum Gasteiger partial charge on any atom is -0.309 e.